The molecule has 0 atom stereocenters. The van der Waals surface area contributed by atoms with Crippen LogP contribution in [0.5, 0.6) is 0 Å². The highest BCUT2D eigenvalue weighted by atomic mass is 16.5. The SMILES string of the molecule is NCCOCCN1CCN(CCOCCNC(=O)O)CC1. The van der Waals surface area contributed by atoms with Crippen LogP contribution in [0, 0.1) is 0 Å². The Hall–Kier alpha value is -0.930. The zero-order valence-corrected chi connectivity index (χ0v) is 12.6. The van der Waals surface area contributed by atoms with E-state index in [0.717, 1.165) is 45.9 Å². The molecule has 8 nitrogen and oxygen atoms in total. The van der Waals surface area contributed by atoms with E-state index in [9.17, 15) is 4.79 Å². The Morgan fingerprint density at radius 1 is 1.00 bits per heavy atom. The average molecular weight is 304 g/mol. The first-order chi connectivity index (χ1) is 10.2. The lowest BCUT2D eigenvalue weighted by molar-refractivity contribution is 0.0588. The molecule has 1 amide bonds. The third-order valence-corrected chi connectivity index (χ3v) is 3.35. The number of nitrogens with zero attached hydrogens (tertiary/aromatic N) is 2. The van der Waals surface area contributed by atoms with Crippen LogP contribution in [0.25, 0.3) is 0 Å². The van der Waals surface area contributed by atoms with Gasteiger partial charge in [0.2, 0.25) is 0 Å². The van der Waals surface area contributed by atoms with Gasteiger partial charge in [-0.3, -0.25) is 9.80 Å². The number of rotatable bonds is 11. The molecule has 0 aromatic heterocycles. The minimum absolute atomic E-state index is 0.339. The minimum atomic E-state index is -1.01. The molecule has 0 aromatic carbocycles. The molecule has 8 heteroatoms. The Kier molecular flexibility index (Phi) is 10.1. The highest BCUT2D eigenvalue weighted by Crippen LogP contribution is 2.01. The van der Waals surface area contributed by atoms with Crippen LogP contribution < -0.4 is 11.1 Å². The van der Waals surface area contributed by atoms with Crippen molar-refractivity contribution in [2.24, 2.45) is 5.73 Å². The van der Waals surface area contributed by atoms with Crippen LogP contribution in [0.1, 0.15) is 0 Å². The van der Waals surface area contributed by atoms with Gasteiger partial charge in [0.25, 0.3) is 0 Å². The van der Waals surface area contributed by atoms with E-state index in [1.165, 1.54) is 0 Å². The molecule has 124 valence electrons. The fourth-order valence-corrected chi connectivity index (χ4v) is 2.14. The Labute approximate surface area is 126 Å². The van der Waals surface area contributed by atoms with Gasteiger partial charge in [-0.15, -0.1) is 0 Å². The summed E-state index contributed by atoms with van der Waals surface area (Å²) >= 11 is 0. The molecule has 21 heavy (non-hydrogen) atoms. The van der Waals surface area contributed by atoms with Crippen molar-refractivity contribution in [3.05, 3.63) is 0 Å². The van der Waals surface area contributed by atoms with Gasteiger partial charge in [-0.1, -0.05) is 0 Å². The van der Waals surface area contributed by atoms with E-state index in [2.05, 4.69) is 15.1 Å². The summed E-state index contributed by atoms with van der Waals surface area (Å²) in [5.41, 5.74) is 5.37. The molecular formula is C13H28N4O4. The van der Waals surface area contributed by atoms with E-state index in [4.69, 9.17) is 20.3 Å². The van der Waals surface area contributed by atoms with E-state index in [-0.39, 0.29) is 0 Å². The Bertz CT molecular complexity index is 273. The van der Waals surface area contributed by atoms with Gasteiger partial charge >= 0.3 is 6.09 Å². The molecule has 1 heterocycles. The summed E-state index contributed by atoms with van der Waals surface area (Å²) in [6.07, 6.45) is -1.01. The van der Waals surface area contributed by atoms with Gasteiger partial charge in [-0.2, -0.15) is 0 Å². The lowest BCUT2D eigenvalue weighted by Gasteiger charge is -2.34. The van der Waals surface area contributed by atoms with E-state index in [1.54, 1.807) is 0 Å². The van der Waals surface area contributed by atoms with Crippen molar-refractivity contribution in [1.29, 1.82) is 0 Å². The Balaban J connectivity index is 1.92. The van der Waals surface area contributed by atoms with E-state index < -0.39 is 6.09 Å². The first-order valence-electron chi connectivity index (χ1n) is 7.49. The van der Waals surface area contributed by atoms with Gasteiger partial charge in [-0.05, 0) is 0 Å². The van der Waals surface area contributed by atoms with Gasteiger partial charge in [0.1, 0.15) is 0 Å². The number of hydrogen-bond donors (Lipinski definition) is 3. The summed E-state index contributed by atoms with van der Waals surface area (Å²) in [5.74, 6) is 0. The smallest absolute Gasteiger partial charge is 0.404 e. The first-order valence-corrected chi connectivity index (χ1v) is 7.49. The summed E-state index contributed by atoms with van der Waals surface area (Å²) < 4.78 is 10.8. The maximum absolute atomic E-state index is 10.2. The van der Waals surface area contributed by atoms with Crippen molar-refractivity contribution >= 4 is 6.09 Å². The highest BCUT2D eigenvalue weighted by Gasteiger charge is 2.15. The lowest BCUT2D eigenvalue weighted by Crippen LogP contribution is -2.48. The maximum atomic E-state index is 10.2. The minimum Gasteiger partial charge on any atom is -0.465 e. The quantitative estimate of drug-likeness (QED) is 0.415. The summed E-state index contributed by atoms with van der Waals surface area (Å²) in [6, 6.07) is 0. The normalized spacial score (nSPS) is 17.0. The molecule has 0 bridgehead atoms. The van der Waals surface area contributed by atoms with Crippen molar-refractivity contribution in [2.75, 3.05) is 78.8 Å². The van der Waals surface area contributed by atoms with Gasteiger partial charge < -0.3 is 25.6 Å². The molecule has 0 radical (unpaired) electrons. The molecule has 0 aliphatic carbocycles. The van der Waals surface area contributed by atoms with Crippen LogP contribution in [0.4, 0.5) is 4.79 Å². The molecular weight excluding hydrogens is 276 g/mol. The van der Waals surface area contributed by atoms with E-state index >= 15 is 0 Å². The number of nitrogens with two attached hydrogens (primary N) is 1. The number of carboxylic acid groups (broad SMARTS) is 1. The van der Waals surface area contributed by atoms with Gasteiger partial charge in [0.05, 0.1) is 26.4 Å². The van der Waals surface area contributed by atoms with Crippen LogP contribution >= 0.6 is 0 Å². The summed E-state index contributed by atoms with van der Waals surface area (Å²) in [5, 5.41) is 10.7. The number of piperazine rings is 1. The molecule has 1 aliphatic heterocycles. The molecule has 1 aliphatic rings. The summed E-state index contributed by atoms with van der Waals surface area (Å²) in [7, 11) is 0. The lowest BCUT2D eigenvalue weighted by atomic mass is 10.3. The predicted molar refractivity (Wildman–Crippen MR) is 79.6 cm³/mol. The topological polar surface area (TPSA) is 100 Å². The molecule has 0 unspecified atom stereocenters. The zero-order valence-electron chi connectivity index (χ0n) is 12.6. The molecule has 1 rings (SSSR count). The van der Waals surface area contributed by atoms with Crippen molar-refractivity contribution in [3.63, 3.8) is 0 Å². The Morgan fingerprint density at radius 3 is 2.00 bits per heavy atom. The van der Waals surface area contributed by atoms with Crippen molar-refractivity contribution in [1.82, 2.24) is 15.1 Å². The maximum Gasteiger partial charge on any atom is 0.404 e. The predicted octanol–water partition coefficient (Wildman–Crippen LogP) is -1.14. The molecule has 0 saturated carbocycles. The van der Waals surface area contributed by atoms with Crippen LogP contribution in [-0.4, -0.2) is 99.8 Å². The van der Waals surface area contributed by atoms with Crippen LogP contribution in [0.2, 0.25) is 0 Å². The summed E-state index contributed by atoms with van der Waals surface area (Å²) in [6.45, 7) is 9.38. The number of carbonyl (C=O) groups is 1. The van der Waals surface area contributed by atoms with Crippen LogP contribution in [0.3, 0.4) is 0 Å². The molecule has 0 spiro atoms. The number of amides is 1. The third kappa shape index (κ3) is 9.59. The second kappa shape index (κ2) is 11.7. The largest absolute Gasteiger partial charge is 0.465 e. The van der Waals surface area contributed by atoms with Crippen LogP contribution in [0.15, 0.2) is 0 Å². The van der Waals surface area contributed by atoms with Crippen molar-refractivity contribution in [2.45, 2.75) is 0 Å². The van der Waals surface area contributed by atoms with Gasteiger partial charge in [0.15, 0.2) is 0 Å². The van der Waals surface area contributed by atoms with E-state index in [0.29, 0.717) is 32.9 Å². The number of nitrogens with one attached hydrogen (secondary N) is 1. The average Bonchev–Trinajstić information content (AvgIpc) is 2.48. The molecule has 4 N–H and O–H groups in total. The molecule has 1 saturated heterocycles. The van der Waals surface area contributed by atoms with Gasteiger partial charge in [-0.25, -0.2) is 4.79 Å². The highest BCUT2D eigenvalue weighted by molar-refractivity contribution is 5.64. The van der Waals surface area contributed by atoms with Crippen molar-refractivity contribution < 1.29 is 19.4 Å². The van der Waals surface area contributed by atoms with Crippen LogP contribution in [-0.2, 0) is 9.47 Å². The zero-order chi connectivity index (χ0) is 15.3. The van der Waals surface area contributed by atoms with E-state index in [1.807, 2.05) is 0 Å². The van der Waals surface area contributed by atoms with Gasteiger partial charge in [0, 0.05) is 52.4 Å². The second-order valence-corrected chi connectivity index (χ2v) is 4.93. The molecule has 1 fully saturated rings. The third-order valence-electron chi connectivity index (χ3n) is 3.35. The second-order valence-electron chi connectivity index (χ2n) is 4.93. The summed E-state index contributed by atoms with van der Waals surface area (Å²) in [4.78, 5) is 15.0. The monoisotopic (exact) mass is 304 g/mol. The number of hydrogen-bond acceptors (Lipinski definition) is 6. The van der Waals surface area contributed by atoms with Crippen molar-refractivity contribution in [3.8, 4) is 0 Å². The fraction of sp³-hybridized carbons (Fsp3) is 0.923. The molecule has 0 aromatic rings. The fourth-order valence-electron chi connectivity index (χ4n) is 2.14. The standard InChI is InChI=1S/C13H28N4O4/c14-1-9-20-11-7-16-3-5-17(6-4-16)8-12-21-10-2-15-13(18)19/h15H,1-12,14H2,(H,18,19). The number of ether oxygens (including phenoxy) is 2. The Morgan fingerprint density at radius 2 is 1.52 bits per heavy atom. The first kappa shape index (κ1) is 18.1.